The van der Waals surface area contributed by atoms with E-state index < -0.39 is 11.6 Å². The van der Waals surface area contributed by atoms with Crippen molar-refractivity contribution < 1.29 is 18.3 Å². The molecular formula is C37H34F2N6O2. The van der Waals surface area contributed by atoms with Crippen molar-refractivity contribution in [1.29, 1.82) is 0 Å². The first-order valence-corrected chi connectivity index (χ1v) is 16.2. The summed E-state index contributed by atoms with van der Waals surface area (Å²) in [5.41, 5.74) is 2.46. The molecule has 5 aliphatic heterocycles. The molecule has 2 aromatic heterocycles. The Labute approximate surface area is 271 Å². The highest BCUT2D eigenvalue weighted by Gasteiger charge is 2.49. The number of benzene rings is 2. The van der Waals surface area contributed by atoms with Crippen LogP contribution in [0.3, 0.4) is 0 Å². The fraction of sp³-hybridized carbons (Fsp3) is 0.378. The highest BCUT2D eigenvalue weighted by molar-refractivity contribution is 6.03. The van der Waals surface area contributed by atoms with Crippen LogP contribution < -0.4 is 19.7 Å². The zero-order valence-electron chi connectivity index (χ0n) is 26.2. The van der Waals surface area contributed by atoms with E-state index in [2.05, 4.69) is 34.2 Å². The molecule has 10 heteroatoms. The topological polar surface area (TPSA) is 75.6 Å². The molecule has 2 bridgehead atoms. The Morgan fingerprint density at radius 3 is 2.68 bits per heavy atom. The fourth-order valence-corrected chi connectivity index (χ4v) is 8.88. The number of fused-ring (bicyclic) bond motifs is 7. The number of hydrogen-bond acceptors (Lipinski definition) is 8. The van der Waals surface area contributed by atoms with Crippen molar-refractivity contribution in [2.75, 3.05) is 31.1 Å². The molecule has 4 aromatic rings. The SMILES string of the molecule is C#Cc1c(F)ccc2cccc(-c3nc4c5c(nc(OCC67CC(=C)CN6CC(=C)C7)nc5c3F)N3CC5CCC(N5)C3C(C)O4)c12. The molecule has 9 rings (SSSR count). The van der Waals surface area contributed by atoms with Crippen LogP contribution in [0.4, 0.5) is 14.6 Å². The number of nitrogens with one attached hydrogen (secondary N) is 1. The van der Waals surface area contributed by atoms with E-state index in [-0.39, 0.29) is 58.4 Å². The van der Waals surface area contributed by atoms with Gasteiger partial charge in [0, 0.05) is 42.7 Å². The Morgan fingerprint density at radius 1 is 1.09 bits per heavy atom. The molecule has 2 aromatic carbocycles. The van der Waals surface area contributed by atoms with Crippen LogP contribution in [0, 0.1) is 24.0 Å². The van der Waals surface area contributed by atoms with Crippen molar-refractivity contribution in [2.24, 2.45) is 0 Å². The fourth-order valence-electron chi connectivity index (χ4n) is 8.88. The van der Waals surface area contributed by atoms with Crippen molar-refractivity contribution in [2.45, 2.75) is 62.4 Å². The molecule has 4 atom stereocenters. The Kier molecular flexibility index (Phi) is 6.21. The number of nitrogens with zero attached hydrogens (tertiary/aromatic N) is 5. The average molecular weight is 633 g/mol. The lowest BCUT2D eigenvalue weighted by Gasteiger charge is -2.42. The third kappa shape index (κ3) is 4.22. The van der Waals surface area contributed by atoms with Gasteiger partial charge in [-0.05, 0) is 44.1 Å². The van der Waals surface area contributed by atoms with Gasteiger partial charge in [-0.15, -0.1) is 6.42 Å². The smallest absolute Gasteiger partial charge is 0.319 e. The van der Waals surface area contributed by atoms with Crippen molar-refractivity contribution >= 4 is 27.5 Å². The van der Waals surface area contributed by atoms with Crippen LogP contribution in [0.15, 0.2) is 54.6 Å². The van der Waals surface area contributed by atoms with Gasteiger partial charge in [0.1, 0.15) is 40.9 Å². The van der Waals surface area contributed by atoms with E-state index in [1.165, 1.54) is 6.07 Å². The quantitative estimate of drug-likeness (QED) is 0.233. The molecular weight excluding hydrogens is 598 g/mol. The van der Waals surface area contributed by atoms with Crippen LogP contribution in [0.1, 0.15) is 38.2 Å². The zero-order chi connectivity index (χ0) is 32.2. The maximum atomic E-state index is 17.1. The summed E-state index contributed by atoms with van der Waals surface area (Å²) in [5, 5.41) is 5.21. The molecule has 4 unspecified atom stereocenters. The van der Waals surface area contributed by atoms with Gasteiger partial charge in [0.25, 0.3) is 0 Å². The molecule has 47 heavy (non-hydrogen) atoms. The predicted octanol–water partition coefficient (Wildman–Crippen LogP) is 5.53. The minimum absolute atomic E-state index is 0.0218. The van der Waals surface area contributed by atoms with Gasteiger partial charge in [-0.3, -0.25) is 4.90 Å². The molecule has 238 valence electrons. The summed E-state index contributed by atoms with van der Waals surface area (Å²) < 4.78 is 45.2. The highest BCUT2D eigenvalue weighted by atomic mass is 19.1. The molecule has 5 aliphatic rings. The van der Waals surface area contributed by atoms with Gasteiger partial charge in [-0.2, -0.15) is 9.97 Å². The van der Waals surface area contributed by atoms with E-state index in [1.807, 2.05) is 13.0 Å². The number of anilines is 1. The lowest BCUT2D eigenvalue weighted by atomic mass is 9.92. The van der Waals surface area contributed by atoms with Crippen LogP contribution in [0.25, 0.3) is 32.9 Å². The molecule has 4 saturated heterocycles. The number of terminal acetylenes is 1. The summed E-state index contributed by atoms with van der Waals surface area (Å²) in [6.45, 7) is 13.1. The van der Waals surface area contributed by atoms with E-state index in [9.17, 15) is 4.39 Å². The van der Waals surface area contributed by atoms with Crippen molar-refractivity contribution in [1.82, 2.24) is 25.2 Å². The number of rotatable bonds is 4. The van der Waals surface area contributed by atoms with Gasteiger partial charge in [0.15, 0.2) is 5.82 Å². The molecule has 1 N–H and O–H groups in total. The van der Waals surface area contributed by atoms with E-state index in [1.54, 1.807) is 18.2 Å². The summed E-state index contributed by atoms with van der Waals surface area (Å²) >= 11 is 0. The third-order valence-electron chi connectivity index (χ3n) is 10.8. The Bertz CT molecular complexity index is 2070. The first kappa shape index (κ1) is 28.6. The number of hydrogen-bond donors (Lipinski definition) is 1. The van der Waals surface area contributed by atoms with E-state index in [0.717, 1.165) is 49.9 Å². The van der Waals surface area contributed by atoms with Gasteiger partial charge in [0.05, 0.1) is 17.1 Å². The summed E-state index contributed by atoms with van der Waals surface area (Å²) in [6.07, 6.45) is 9.12. The van der Waals surface area contributed by atoms with Crippen LogP contribution in [-0.4, -0.2) is 75.9 Å². The number of ether oxygens (including phenoxy) is 2. The first-order chi connectivity index (χ1) is 22.7. The van der Waals surface area contributed by atoms with Crippen molar-refractivity contribution in [3.8, 4) is 35.5 Å². The molecule has 0 aliphatic carbocycles. The number of aromatic nitrogens is 3. The van der Waals surface area contributed by atoms with Crippen molar-refractivity contribution in [3.05, 3.63) is 71.8 Å². The molecule has 0 amide bonds. The highest BCUT2D eigenvalue weighted by Crippen LogP contribution is 2.46. The second kappa shape index (κ2) is 10.2. The molecule has 0 radical (unpaired) electrons. The largest absolute Gasteiger partial charge is 0.472 e. The Morgan fingerprint density at radius 2 is 1.89 bits per heavy atom. The number of pyridine rings is 1. The molecule has 4 fully saturated rings. The van der Waals surface area contributed by atoms with Crippen LogP contribution in [0.2, 0.25) is 0 Å². The van der Waals surface area contributed by atoms with Gasteiger partial charge in [0.2, 0.25) is 5.88 Å². The lowest BCUT2D eigenvalue weighted by Crippen LogP contribution is -2.62. The minimum Gasteiger partial charge on any atom is -0.472 e. The van der Waals surface area contributed by atoms with Gasteiger partial charge < -0.3 is 19.7 Å². The predicted molar refractivity (Wildman–Crippen MR) is 177 cm³/mol. The summed E-state index contributed by atoms with van der Waals surface area (Å²) in [4.78, 5) is 19.1. The van der Waals surface area contributed by atoms with E-state index in [4.69, 9.17) is 30.8 Å². The van der Waals surface area contributed by atoms with Gasteiger partial charge in [-0.25, -0.2) is 13.8 Å². The van der Waals surface area contributed by atoms with Crippen LogP contribution in [0.5, 0.6) is 11.9 Å². The molecule has 7 heterocycles. The van der Waals surface area contributed by atoms with Gasteiger partial charge >= 0.3 is 6.01 Å². The summed E-state index contributed by atoms with van der Waals surface area (Å²) in [6, 6.07) is 8.74. The Hall–Kier alpha value is -4.59. The average Bonchev–Trinajstić information content (AvgIpc) is 3.65. The van der Waals surface area contributed by atoms with Crippen LogP contribution in [-0.2, 0) is 0 Å². The normalized spacial score (nSPS) is 25.9. The van der Waals surface area contributed by atoms with Crippen molar-refractivity contribution in [3.63, 3.8) is 0 Å². The van der Waals surface area contributed by atoms with E-state index >= 15 is 4.39 Å². The number of piperazine rings is 1. The minimum atomic E-state index is -0.673. The van der Waals surface area contributed by atoms with Crippen LogP contribution >= 0.6 is 0 Å². The second-order valence-corrected chi connectivity index (χ2v) is 13.8. The maximum absolute atomic E-state index is 17.1. The molecule has 8 nitrogen and oxygen atoms in total. The number of halogens is 2. The Balaban J connectivity index is 1.25. The second-order valence-electron chi connectivity index (χ2n) is 13.8. The monoisotopic (exact) mass is 632 g/mol. The zero-order valence-corrected chi connectivity index (χ0v) is 26.2. The summed E-state index contributed by atoms with van der Waals surface area (Å²) in [5.74, 6) is 2.02. The third-order valence-corrected chi connectivity index (χ3v) is 10.8. The van der Waals surface area contributed by atoms with E-state index in [0.29, 0.717) is 40.7 Å². The maximum Gasteiger partial charge on any atom is 0.319 e. The molecule has 0 saturated carbocycles. The lowest BCUT2D eigenvalue weighted by molar-refractivity contribution is 0.108. The first-order valence-electron chi connectivity index (χ1n) is 16.2. The standard InChI is InChI=1S/C37H34F2N6O2/c1-5-24-26(38)11-9-22-7-6-8-25(28(22)24)31-30(39)32-29-34(45-17-23-10-12-27(40-23)33(45)21(4)47-35(29)41-31)43-36(42-32)46-18-37-13-19(2)15-44(37)16-20(3)14-37/h1,6-9,11,21,23,27,33,40H,2-3,10,12-18H2,4H3. The van der Waals surface area contributed by atoms with Gasteiger partial charge in [-0.1, -0.05) is 54.5 Å². The summed E-state index contributed by atoms with van der Waals surface area (Å²) in [7, 11) is 0. The molecule has 0 spiro atoms.